The fourth-order valence-electron chi connectivity index (χ4n) is 1.43. The average molecular weight is 283 g/mol. The molecule has 0 aliphatic heterocycles. The average Bonchev–Trinajstić information content (AvgIpc) is 2.33. The lowest BCUT2D eigenvalue weighted by molar-refractivity contribution is 0.598. The van der Waals surface area contributed by atoms with Crippen molar-refractivity contribution in [3.05, 3.63) is 24.3 Å². The standard InChI is InChI=1S/C13H21N3O2S/c1-10(2)4-5-11(3)15-16-12-6-8-13(9-7-12)19(14,17)18/h6-10,16H,4-5H2,1-3H3,(H2,14,17,18)/b15-11+. The Morgan fingerprint density at radius 2 is 1.89 bits per heavy atom. The van der Waals surface area contributed by atoms with Gasteiger partial charge in [-0.1, -0.05) is 13.8 Å². The van der Waals surface area contributed by atoms with Crippen LogP contribution in [0.5, 0.6) is 0 Å². The van der Waals surface area contributed by atoms with Gasteiger partial charge in [0, 0.05) is 5.71 Å². The van der Waals surface area contributed by atoms with E-state index >= 15 is 0 Å². The molecule has 106 valence electrons. The lowest BCUT2D eigenvalue weighted by Gasteiger charge is -2.06. The van der Waals surface area contributed by atoms with E-state index in [1.165, 1.54) is 12.1 Å². The fraction of sp³-hybridized carbons (Fsp3) is 0.462. The highest BCUT2D eigenvalue weighted by Gasteiger charge is 2.06. The molecule has 0 aliphatic rings. The predicted octanol–water partition coefficient (Wildman–Crippen LogP) is 2.56. The number of hydrazone groups is 1. The number of rotatable bonds is 6. The van der Waals surface area contributed by atoms with Gasteiger partial charge in [0.2, 0.25) is 10.0 Å². The van der Waals surface area contributed by atoms with Gasteiger partial charge in [0.1, 0.15) is 0 Å². The molecule has 3 N–H and O–H groups in total. The zero-order valence-corrected chi connectivity index (χ0v) is 12.4. The minimum Gasteiger partial charge on any atom is -0.279 e. The van der Waals surface area contributed by atoms with Crippen LogP contribution in [0.2, 0.25) is 0 Å². The van der Waals surface area contributed by atoms with Gasteiger partial charge >= 0.3 is 0 Å². The van der Waals surface area contributed by atoms with E-state index in [1.54, 1.807) is 12.1 Å². The molecule has 0 spiro atoms. The Hall–Kier alpha value is -1.40. The first kappa shape index (κ1) is 15.7. The second-order valence-electron chi connectivity index (χ2n) is 4.96. The Morgan fingerprint density at radius 3 is 2.37 bits per heavy atom. The summed E-state index contributed by atoms with van der Waals surface area (Å²) in [5.74, 6) is 0.652. The minimum atomic E-state index is -3.63. The summed E-state index contributed by atoms with van der Waals surface area (Å²) in [6.45, 7) is 6.31. The van der Waals surface area contributed by atoms with Crippen LogP contribution in [-0.2, 0) is 10.0 Å². The molecule has 1 aromatic carbocycles. The highest BCUT2D eigenvalue weighted by atomic mass is 32.2. The maximum absolute atomic E-state index is 11.1. The van der Waals surface area contributed by atoms with Crippen LogP contribution in [0.4, 0.5) is 5.69 Å². The molecule has 0 saturated heterocycles. The molecule has 0 atom stereocenters. The Kier molecular flexibility index (Phi) is 5.50. The molecule has 1 rings (SSSR count). The molecule has 1 aromatic rings. The topological polar surface area (TPSA) is 84.5 Å². The quantitative estimate of drug-likeness (QED) is 0.621. The van der Waals surface area contributed by atoms with Crippen molar-refractivity contribution < 1.29 is 8.42 Å². The molecule has 6 heteroatoms. The van der Waals surface area contributed by atoms with Gasteiger partial charge in [-0.15, -0.1) is 0 Å². The highest BCUT2D eigenvalue weighted by Crippen LogP contribution is 2.13. The normalized spacial score (nSPS) is 12.8. The first-order chi connectivity index (χ1) is 8.79. The second kappa shape index (κ2) is 6.68. The number of nitrogens with zero attached hydrogens (tertiary/aromatic N) is 1. The number of hydrogen-bond acceptors (Lipinski definition) is 4. The van der Waals surface area contributed by atoms with Crippen LogP contribution in [0, 0.1) is 5.92 Å². The number of nitrogens with one attached hydrogen (secondary N) is 1. The first-order valence-electron chi connectivity index (χ1n) is 6.21. The van der Waals surface area contributed by atoms with E-state index < -0.39 is 10.0 Å². The van der Waals surface area contributed by atoms with Gasteiger partial charge in [-0.05, 0) is 49.9 Å². The first-order valence-corrected chi connectivity index (χ1v) is 7.75. The number of benzene rings is 1. The maximum Gasteiger partial charge on any atom is 0.238 e. The summed E-state index contributed by atoms with van der Waals surface area (Å²) in [7, 11) is -3.63. The van der Waals surface area contributed by atoms with E-state index in [2.05, 4.69) is 24.4 Å². The largest absolute Gasteiger partial charge is 0.279 e. The van der Waals surface area contributed by atoms with Gasteiger partial charge in [-0.2, -0.15) is 5.10 Å². The second-order valence-corrected chi connectivity index (χ2v) is 6.52. The van der Waals surface area contributed by atoms with Crippen molar-refractivity contribution in [3.8, 4) is 0 Å². The number of primary sulfonamides is 1. The van der Waals surface area contributed by atoms with E-state index in [4.69, 9.17) is 5.14 Å². The third-order valence-electron chi connectivity index (χ3n) is 2.64. The van der Waals surface area contributed by atoms with Gasteiger partial charge in [0.05, 0.1) is 10.6 Å². The number of sulfonamides is 1. The summed E-state index contributed by atoms with van der Waals surface area (Å²) in [4.78, 5) is 0.0959. The van der Waals surface area contributed by atoms with Crippen molar-refractivity contribution >= 4 is 21.4 Å². The minimum absolute atomic E-state index is 0.0959. The van der Waals surface area contributed by atoms with Crippen LogP contribution >= 0.6 is 0 Å². The zero-order valence-electron chi connectivity index (χ0n) is 11.6. The third kappa shape index (κ3) is 5.85. The van der Waals surface area contributed by atoms with Gasteiger partial charge in [-0.3, -0.25) is 5.43 Å². The molecule has 0 saturated carbocycles. The van der Waals surface area contributed by atoms with Gasteiger partial charge < -0.3 is 0 Å². The highest BCUT2D eigenvalue weighted by molar-refractivity contribution is 7.89. The molecule has 0 amide bonds. The summed E-state index contributed by atoms with van der Waals surface area (Å²) in [6.07, 6.45) is 2.04. The van der Waals surface area contributed by atoms with Crippen molar-refractivity contribution in [3.63, 3.8) is 0 Å². The van der Waals surface area contributed by atoms with Crippen LogP contribution in [0.1, 0.15) is 33.6 Å². The Balaban J connectivity index is 2.61. The van der Waals surface area contributed by atoms with Crippen LogP contribution < -0.4 is 10.6 Å². The predicted molar refractivity (Wildman–Crippen MR) is 78.6 cm³/mol. The van der Waals surface area contributed by atoms with Crippen LogP contribution in [0.3, 0.4) is 0 Å². The Labute approximate surface area is 115 Å². The Morgan fingerprint density at radius 1 is 1.32 bits per heavy atom. The Bertz CT molecular complexity index is 534. The molecular formula is C13H21N3O2S. The van der Waals surface area contributed by atoms with Crippen molar-refractivity contribution in [2.45, 2.75) is 38.5 Å². The molecule has 0 bridgehead atoms. The van der Waals surface area contributed by atoms with E-state index in [-0.39, 0.29) is 4.90 Å². The van der Waals surface area contributed by atoms with E-state index in [0.29, 0.717) is 5.92 Å². The SMILES string of the molecule is C/C(CCC(C)C)=N\Nc1ccc(S(N)(=O)=O)cc1. The van der Waals surface area contributed by atoms with Crippen LogP contribution in [0.25, 0.3) is 0 Å². The number of hydrogen-bond donors (Lipinski definition) is 2. The van der Waals surface area contributed by atoms with Crippen LogP contribution in [0.15, 0.2) is 34.3 Å². The smallest absolute Gasteiger partial charge is 0.238 e. The number of nitrogens with two attached hydrogens (primary N) is 1. The third-order valence-corrected chi connectivity index (χ3v) is 3.57. The van der Waals surface area contributed by atoms with Crippen molar-refractivity contribution in [2.24, 2.45) is 16.2 Å². The van der Waals surface area contributed by atoms with E-state index in [1.807, 2.05) is 6.92 Å². The molecule has 19 heavy (non-hydrogen) atoms. The van der Waals surface area contributed by atoms with Crippen molar-refractivity contribution in [1.82, 2.24) is 0 Å². The molecule has 0 heterocycles. The molecule has 0 aromatic heterocycles. The summed E-state index contributed by atoms with van der Waals surface area (Å²) in [5.41, 5.74) is 4.65. The molecule has 5 nitrogen and oxygen atoms in total. The van der Waals surface area contributed by atoms with Gasteiger partial charge in [0.25, 0.3) is 0 Å². The summed E-state index contributed by atoms with van der Waals surface area (Å²) in [5, 5.41) is 9.27. The van der Waals surface area contributed by atoms with Crippen molar-refractivity contribution in [2.75, 3.05) is 5.43 Å². The molecule has 0 aliphatic carbocycles. The fourth-order valence-corrected chi connectivity index (χ4v) is 1.95. The van der Waals surface area contributed by atoms with Crippen molar-refractivity contribution in [1.29, 1.82) is 0 Å². The monoisotopic (exact) mass is 283 g/mol. The summed E-state index contributed by atoms with van der Waals surface area (Å²) in [6, 6.07) is 6.19. The van der Waals surface area contributed by atoms with E-state index in [9.17, 15) is 8.42 Å². The molecular weight excluding hydrogens is 262 g/mol. The molecule has 0 fully saturated rings. The van der Waals surface area contributed by atoms with Gasteiger partial charge in [-0.25, -0.2) is 13.6 Å². The van der Waals surface area contributed by atoms with Crippen LogP contribution in [-0.4, -0.2) is 14.1 Å². The number of anilines is 1. The van der Waals surface area contributed by atoms with E-state index in [0.717, 1.165) is 24.2 Å². The molecule has 0 unspecified atom stereocenters. The lowest BCUT2D eigenvalue weighted by Crippen LogP contribution is -2.11. The summed E-state index contributed by atoms with van der Waals surface area (Å²) >= 11 is 0. The van der Waals surface area contributed by atoms with Gasteiger partial charge in [0.15, 0.2) is 0 Å². The molecule has 0 radical (unpaired) electrons. The lowest BCUT2D eigenvalue weighted by atomic mass is 10.1. The zero-order chi connectivity index (χ0) is 14.5. The summed E-state index contributed by atoms with van der Waals surface area (Å²) < 4.78 is 22.2. The maximum atomic E-state index is 11.1.